The number of hydrogen-bond acceptors (Lipinski definition) is 3. The minimum Gasteiger partial charge on any atom is -0.444 e. The van der Waals surface area contributed by atoms with Gasteiger partial charge < -0.3 is 15.0 Å². The summed E-state index contributed by atoms with van der Waals surface area (Å²) in [4.78, 5) is 14.2. The van der Waals surface area contributed by atoms with Crippen LogP contribution >= 0.6 is 0 Å². The van der Waals surface area contributed by atoms with Crippen molar-refractivity contribution >= 4 is 6.09 Å². The van der Waals surface area contributed by atoms with Gasteiger partial charge in [-0.2, -0.15) is 0 Å². The highest BCUT2D eigenvalue weighted by atomic mass is 16.6. The largest absolute Gasteiger partial charge is 0.444 e. The van der Waals surface area contributed by atoms with Gasteiger partial charge in [0, 0.05) is 18.6 Å². The maximum atomic E-state index is 12.2. The molecule has 0 aromatic rings. The van der Waals surface area contributed by atoms with Crippen molar-refractivity contribution in [2.45, 2.75) is 83.9 Å². The van der Waals surface area contributed by atoms with Crippen LogP contribution in [0.3, 0.4) is 0 Å². The van der Waals surface area contributed by atoms with E-state index in [-0.39, 0.29) is 6.09 Å². The first kappa shape index (κ1) is 16.6. The Labute approximate surface area is 129 Å². The summed E-state index contributed by atoms with van der Waals surface area (Å²) < 4.78 is 5.51. The molecule has 21 heavy (non-hydrogen) atoms. The Morgan fingerprint density at radius 1 is 1.29 bits per heavy atom. The molecular formula is C17H32N2O2. The van der Waals surface area contributed by atoms with Crippen molar-refractivity contribution in [3.63, 3.8) is 0 Å². The summed E-state index contributed by atoms with van der Waals surface area (Å²) in [5.74, 6) is 0.868. The van der Waals surface area contributed by atoms with Crippen molar-refractivity contribution in [3.8, 4) is 0 Å². The van der Waals surface area contributed by atoms with E-state index in [1.165, 1.54) is 19.3 Å². The van der Waals surface area contributed by atoms with E-state index < -0.39 is 5.60 Å². The average Bonchev–Trinajstić information content (AvgIpc) is 2.96. The molecule has 0 aromatic heterocycles. The molecule has 2 fully saturated rings. The van der Waals surface area contributed by atoms with Crippen LogP contribution < -0.4 is 5.32 Å². The molecular weight excluding hydrogens is 264 g/mol. The van der Waals surface area contributed by atoms with Gasteiger partial charge in [0.05, 0.1) is 0 Å². The van der Waals surface area contributed by atoms with Crippen LogP contribution in [0.1, 0.15) is 66.2 Å². The molecule has 0 bridgehead atoms. The van der Waals surface area contributed by atoms with Gasteiger partial charge in [0.1, 0.15) is 5.60 Å². The molecule has 1 aliphatic heterocycles. The molecule has 4 heteroatoms. The van der Waals surface area contributed by atoms with Crippen molar-refractivity contribution in [1.82, 2.24) is 10.2 Å². The van der Waals surface area contributed by atoms with Gasteiger partial charge in [0.15, 0.2) is 0 Å². The van der Waals surface area contributed by atoms with E-state index in [9.17, 15) is 4.79 Å². The zero-order chi connectivity index (χ0) is 15.5. The number of nitrogens with one attached hydrogen (secondary N) is 1. The summed E-state index contributed by atoms with van der Waals surface area (Å²) in [6.07, 6.45) is 7.09. The van der Waals surface area contributed by atoms with Crippen LogP contribution in [0.2, 0.25) is 0 Å². The minimum absolute atomic E-state index is 0.139. The highest BCUT2D eigenvalue weighted by molar-refractivity contribution is 5.68. The van der Waals surface area contributed by atoms with Gasteiger partial charge in [-0.1, -0.05) is 6.92 Å². The van der Waals surface area contributed by atoms with Crippen molar-refractivity contribution < 1.29 is 9.53 Å². The van der Waals surface area contributed by atoms with Gasteiger partial charge in [0.2, 0.25) is 0 Å². The third-order valence-corrected chi connectivity index (χ3v) is 4.61. The lowest BCUT2D eigenvalue weighted by Gasteiger charge is -2.29. The first-order valence-electron chi connectivity index (χ1n) is 8.58. The van der Waals surface area contributed by atoms with Gasteiger partial charge in [-0.15, -0.1) is 0 Å². The lowest BCUT2D eigenvalue weighted by atomic mass is 10.1. The van der Waals surface area contributed by atoms with E-state index in [1.807, 2.05) is 25.7 Å². The summed E-state index contributed by atoms with van der Waals surface area (Å²) >= 11 is 0. The van der Waals surface area contributed by atoms with Crippen LogP contribution in [0, 0.1) is 5.92 Å². The number of carbonyl (C=O) groups excluding carboxylic acids is 1. The second-order valence-corrected chi connectivity index (χ2v) is 7.83. The Kier molecular flexibility index (Phi) is 5.53. The number of amides is 1. The summed E-state index contributed by atoms with van der Waals surface area (Å²) in [7, 11) is 0. The first-order chi connectivity index (χ1) is 9.85. The monoisotopic (exact) mass is 296 g/mol. The van der Waals surface area contributed by atoms with Crippen molar-refractivity contribution in [3.05, 3.63) is 0 Å². The van der Waals surface area contributed by atoms with Crippen molar-refractivity contribution in [2.24, 2.45) is 5.92 Å². The van der Waals surface area contributed by atoms with E-state index in [0.29, 0.717) is 12.1 Å². The first-order valence-corrected chi connectivity index (χ1v) is 8.58. The number of hydrogen-bond donors (Lipinski definition) is 1. The topological polar surface area (TPSA) is 41.6 Å². The third-order valence-electron chi connectivity index (χ3n) is 4.61. The summed E-state index contributed by atoms with van der Waals surface area (Å²) in [5, 5.41) is 3.67. The lowest BCUT2D eigenvalue weighted by molar-refractivity contribution is 0.0220. The molecule has 1 saturated heterocycles. The zero-order valence-electron chi connectivity index (χ0n) is 14.2. The fourth-order valence-electron chi connectivity index (χ4n) is 3.54. The molecule has 3 unspecified atom stereocenters. The van der Waals surface area contributed by atoms with Crippen LogP contribution in [-0.2, 0) is 4.74 Å². The van der Waals surface area contributed by atoms with E-state index in [0.717, 1.165) is 38.3 Å². The van der Waals surface area contributed by atoms with Crippen molar-refractivity contribution in [1.29, 1.82) is 0 Å². The molecule has 1 heterocycles. The maximum Gasteiger partial charge on any atom is 0.410 e. The van der Waals surface area contributed by atoms with Gasteiger partial charge >= 0.3 is 6.09 Å². The fourth-order valence-corrected chi connectivity index (χ4v) is 3.54. The number of ether oxygens (including phenoxy) is 1. The Hall–Kier alpha value is -0.770. The molecule has 0 aromatic carbocycles. The van der Waals surface area contributed by atoms with Gasteiger partial charge in [-0.3, -0.25) is 0 Å². The Balaban J connectivity index is 1.73. The van der Waals surface area contributed by atoms with Gasteiger partial charge in [0.25, 0.3) is 0 Å². The minimum atomic E-state index is -0.400. The zero-order valence-corrected chi connectivity index (χ0v) is 14.2. The van der Waals surface area contributed by atoms with Crippen LogP contribution in [-0.4, -0.2) is 41.8 Å². The molecule has 1 aliphatic carbocycles. The summed E-state index contributed by atoms with van der Waals surface area (Å²) in [6.45, 7) is 9.99. The standard InChI is InChI=1S/C17H32N2O2/c1-13-7-8-14(12-13)18-10-9-15-6-5-11-19(15)16(20)21-17(2,3)4/h13-15,18H,5-12H2,1-4H3. The highest BCUT2D eigenvalue weighted by Crippen LogP contribution is 2.26. The molecule has 0 spiro atoms. The van der Waals surface area contributed by atoms with Gasteiger partial charge in [-0.05, 0) is 71.8 Å². The molecule has 2 rings (SSSR count). The molecule has 2 aliphatic rings. The average molecular weight is 296 g/mol. The second-order valence-electron chi connectivity index (χ2n) is 7.83. The van der Waals surface area contributed by atoms with Crippen LogP contribution in [0.5, 0.6) is 0 Å². The quantitative estimate of drug-likeness (QED) is 0.862. The van der Waals surface area contributed by atoms with E-state index in [4.69, 9.17) is 4.74 Å². The predicted octanol–water partition coefficient (Wildman–Crippen LogP) is 3.55. The number of rotatable bonds is 4. The second kappa shape index (κ2) is 6.99. The van der Waals surface area contributed by atoms with Crippen LogP contribution in [0.15, 0.2) is 0 Å². The SMILES string of the molecule is CC1CCC(NCCC2CCCN2C(=O)OC(C)(C)C)C1. The molecule has 3 atom stereocenters. The molecule has 0 radical (unpaired) electrons. The number of nitrogens with zero attached hydrogens (tertiary/aromatic N) is 1. The Morgan fingerprint density at radius 2 is 2.05 bits per heavy atom. The van der Waals surface area contributed by atoms with Gasteiger partial charge in [-0.25, -0.2) is 4.79 Å². The normalized spacial score (nSPS) is 29.9. The van der Waals surface area contributed by atoms with E-state index in [2.05, 4.69) is 12.2 Å². The lowest BCUT2D eigenvalue weighted by Crippen LogP contribution is -2.41. The fraction of sp³-hybridized carbons (Fsp3) is 0.941. The molecule has 4 nitrogen and oxygen atoms in total. The Morgan fingerprint density at radius 3 is 2.67 bits per heavy atom. The third kappa shape index (κ3) is 5.17. The van der Waals surface area contributed by atoms with Crippen LogP contribution in [0.4, 0.5) is 4.79 Å². The summed E-state index contributed by atoms with van der Waals surface area (Å²) in [5.41, 5.74) is -0.400. The Bertz CT molecular complexity index is 351. The van der Waals surface area contributed by atoms with E-state index >= 15 is 0 Å². The maximum absolute atomic E-state index is 12.2. The summed E-state index contributed by atoms with van der Waals surface area (Å²) in [6, 6.07) is 1.04. The van der Waals surface area contributed by atoms with E-state index in [1.54, 1.807) is 0 Å². The molecule has 1 N–H and O–H groups in total. The highest BCUT2D eigenvalue weighted by Gasteiger charge is 2.32. The van der Waals surface area contributed by atoms with Crippen molar-refractivity contribution in [2.75, 3.05) is 13.1 Å². The predicted molar refractivity (Wildman–Crippen MR) is 85.4 cm³/mol. The molecule has 1 saturated carbocycles. The smallest absolute Gasteiger partial charge is 0.410 e. The number of likely N-dealkylation sites (tertiary alicyclic amines) is 1. The molecule has 1 amide bonds. The molecule has 122 valence electrons. The van der Waals surface area contributed by atoms with Crippen LogP contribution in [0.25, 0.3) is 0 Å². The number of carbonyl (C=O) groups is 1.